The maximum atomic E-state index is 12.4. The third kappa shape index (κ3) is 2.90. The van der Waals surface area contributed by atoms with E-state index >= 15 is 0 Å². The first kappa shape index (κ1) is 14.4. The highest BCUT2D eigenvalue weighted by Gasteiger charge is 2.33. The maximum absolute atomic E-state index is 12.4. The summed E-state index contributed by atoms with van der Waals surface area (Å²) < 4.78 is 23.1. The van der Waals surface area contributed by atoms with E-state index < -0.39 is 9.84 Å². The van der Waals surface area contributed by atoms with Gasteiger partial charge in [-0.3, -0.25) is 4.79 Å². The van der Waals surface area contributed by atoms with Crippen LogP contribution >= 0.6 is 0 Å². The lowest BCUT2D eigenvalue weighted by atomic mass is 10.2. The number of carbonyl (C=O) groups is 1. The quantitative estimate of drug-likeness (QED) is 0.824. The lowest BCUT2D eigenvalue weighted by Crippen LogP contribution is -2.43. The molecule has 2 aliphatic rings. The molecule has 3 rings (SSSR count). The molecule has 0 N–H and O–H groups in total. The van der Waals surface area contributed by atoms with E-state index in [0.29, 0.717) is 13.0 Å². The number of para-hydroxylation sites is 1. The molecule has 0 saturated carbocycles. The zero-order valence-electron chi connectivity index (χ0n) is 12.2. The van der Waals surface area contributed by atoms with Gasteiger partial charge in [-0.2, -0.15) is 0 Å². The van der Waals surface area contributed by atoms with Gasteiger partial charge < -0.3 is 9.80 Å². The monoisotopic (exact) mass is 308 g/mol. The second-order valence-corrected chi connectivity index (χ2v) is 8.09. The average Bonchev–Trinajstić information content (AvgIpc) is 3.02. The van der Waals surface area contributed by atoms with E-state index in [1.807, 2.05) is 18.2 Å². The van der Waals surface area contributed by atoms with Crippen molar-refractivity contribution in [3.8, 4) is 0 Å². The van der Waals surface area contributed by atoms with E-state index in [-0.39, 0.29) is 23.5 Å². The van der Waals surface area contributed by atoms with Crippen molar-refractivity contribution in [1.29, 1.82) is 0 Å². The highest BCUT2D eigenvalue weighted by Crippen LogP contribution is 2.27. The van der Waals surface area contributed by atoms with Gasteiger partial charge in [0, 0.05) is 25.3 Å². The summed E-state index contributed by atoms with van der Waals surface area (Å²) in [5.41, 5.74) is 2.40. The molecule has 2 aliphatic heterocycles. The first-order chi connectivity index (χ1) is 9.96. The molecule has 1 atom stereocenters. The summed E-state index contributed by atoms with van der Waals surface area (Å²) >= 11 is 0. The van der Waals surface area contributed by atoms with Crippen LogP contribution < -0.4 is 4.90 Å². The molecule has 0 aromatic heterocycles. The van der Waals surface area contributed by atoms with Crippen molar-refractivity contribution in [3.63, 3.8) is 0 Å². The number of likely N-dealkylation sites (N-methyl/N-ethyl adjacent to an activating group) is 1. The fourth-order valence-corrected chi connectivity index (χ4v) is 4.90. The van der Waals surface area contributed by atoms with E-state index in [4.69, 9.17) is 0 Å². The third-order valence-corrected chi connectivity index (χ3v) is 6.21. The highest BCUT2D eigenvalue weighted by molar-refractivity contribution is 7.91. The summed E-state index contributed by atoms with van der Waals surface area (Å²) in [6.45, 7) is 1.17. The molecule has 1 aromatic carbocycles. The number of sulfone groups is 1. The van der Waals surface area contributed by atoms with Crippen LogP contribution in [0.5, 0.6) is 0 Å². The van der Waals surface area contributed by atoms with Gasteiger partial charge in [0.05, 0.1) is 18.1 Å². The number of hydrogen-bond acceptors (Lipinski definition) is 4. The van der Waals surface area contributed by atoms with E-state index in [1.54, 1.807) is 11.9 Å². The summed E-state index contributed by atoms with van der Waals surface area (Å²) in [5, 5.41) is 0. The summed E-state index contributed by atoms with van der Waals surface area (Å²) in [6.07, 6.45) is 1.52. The van der Waals surface area contributed by atoms with Crippen LogP contribution in [0, 0.1) is 0 Å². The van der Waals surface area contributed by atoms with Crippen LogP contribution in [0.1, 0.15) is 12.0 Å². The second-order valence-electron chi connectivity index (χ2n) is 5.86. The molecule has 0 unspecified atom stereocenters. The van der Waals surface area contributed by atoms with Crippen LogP contribution in [0.15, 0.2) is 24.3 Å². The second kappa shape index (κ2) is 5.33. The number of hydrogen-bond donors (Lipinski definition) is 0. The Kier molecular flexibility index (Phi) is 3.65. The number of rotatable bonds is 3. The average molecular weight is 308 g/mol. The molecule has 114 valence electrons. The summed E-state index contributed by atoms with van der Waals surface area (Å²) in [5.74, 6) is 0.294. The number of benzene rings is 1. The minimum absolute atomic E-state index is 0.00574. The Hall–Kier alpha value is -1.56. The normalized spacial score (nSPS) is 23.1. The predicted molar refractivity (Wildman–Crippen MR) is 82.2 cm³/mol. The topological polar surface area (TPSA) is 57.7 Å². The van der Waals surface area contributed by atoms with E-state index in [0.717, 1.165) is 18.7 Å². The number of fused-ring (bicyclic) bond motifs is 1. The zero-order valence-corrected chi connectivity index (χ0v) is 13.0. The number of nitrogens with zero attached hydrogens (tertiary/aromatic N) is 2. The maximum Gasteiger partial charge on any atom is 0.242 e. The minimum atomic E-state index is -2.96. The van der Waals surface area contributed by atoms with Crippen LogP contribution in [-0.2, 0) is 21.1 Å². The Morgan fingerprint density at radius 1 is 1.38 bits per heavy atom. The minimum Gasteiger partial charge on any atom is -0.362 e. The van der Waals surface area contributed by atoms with Crippen LogP contribution in [0.4, 0.5) is 5.69 Å². The third-order valence-electron chi connectivity index (χ3n) is 4.46. The van der Waals surface area contributed by atoms with Crippen LogP contribution in [-0.4, -0.2) is 56.9 Å². The molecule has 2 heterocycles. The number of amides is 1. The first-order valence-corrected chi connectivity index (χ1v) is 9.07. The Bertz CT molecular complexity index is 657. The van der Waals surface area contributed by atoms with Gasteiger partial charge in [-0.25, -0.2) is 8.42 Å². The van der Waals surface area contributed by atoms with Gasteiger partial charge in [-0.15, -0.1) is 0 Å². The van der Waals surface area contributed by atoms with Gasteiger partial charge in [0.15, 0.2) is 9.84 Å². The van der Waals surface area contributed by atoms with Crippen LogP contribution in [0.3, 0.4) is 0 Å². The Balaban J connectivity index is 1.65. The zero-order chi connectivity index (χ0) is 15.0. The van der Waals surface area contributed by atoms with Crippen LogP contribution in [0.2, 0.25) is 0 Å². The van der Waals surface area contributed by atoms with Gasteiger partial charge in [-0.05, 0) is 24.5 Å². The molecule has 0 spiro atoms. The van der Waals surface area contributed by atoms with Crippen molar-refractivity contribution in [3.05, 3.63) is 29.8 Å². The molecule has 6 heteroatoms. The van der Waals surface area contributed by atoms with Crippen molar-refractivity contribution in [2.75, 3.05) is 36.5 Å². The van der Waals surface area contributed by atoms with Crippen molar-refractivity contribution in [2.24, 2.45) is 0 Å². The fraction of sp³-hybridized carbons (Fsp3) is 0.533. The van der Waals surface area contributed by atoms with Crippen molar-refractivity contribution < 1.29 is 13.2 Å². The van der Waals surface area contributed by atoms with Crippen molar-refractivity contribution in [2.45, 2.75) is 18.9 Å². The summed E-state index contributed by atoms with van der Waals surface area (Å²) in [4.78, 5) is 16.1. The Morgan fingerprint density at radius 3 is 2.86 bits per heavy atom. The molecule has 1 amide bonds. The standard InChI is InChI=1S/C15H20N2O3S/c1-16(13-7-9-21(19,20)11-13)15(18)10-17-8-6-12-4-2-3-5-14(12)17/h2-5,13H,6-11H2,1H3/t13-/m1/s1. The summed E-state index contributed by atoms with van der Waals surface area (Å²) in [6, 6.07) is 7.96. The van der Waals surface area contributed by atoms with Crippen molar-refractivity contribution in [1.82, 2.24) is 4.90 Å². The number of carbonyl (C=O) groups excluding carboxylic acids is 1. The molecule has 5 nitrogen and oxygen atoms in total. The lowest BCUT2D eigenvalue weighted by Gasteiger charge is -2.27. The number of anilines is 1. The van der Waals surface area contributed by atoms with Gasteiger partial charge in [0.2, 0.25) is 5.91 Å². The molecule has 0 radical (unpaired) electrons. The molecule has 21 heavy (non-hydrogen) atoms. The molecular weight excluding hydrogens is 288 g/mol. The van der Waals surface area contributed by atoms with E-state index in [1.165, 1.54) is 5.56 Å². The van der Waals surface area contributed by atoms with Gasteiger partial charge >= 0.3 is 0 Å². The highest BCUT2D eigenvalue weighted by atomic mass is 32.2. The fourth-order valence-electron chi connectivity index (χ4n) is 3.13. The molecular formula is C15H20N2O3S. The molecule has 1 fully saturated rings. The summed E-state index contributed by atoms with van der Waals surface area (Å²) in [7, 11) is -1.24. The van der Waals surface area contributed by atoms with E-state index in [2.05, 4.69) is 11.0 Å². The smallest absolute Gasteiger partial charge is 0.242 e. The van der Waals surface area contributed by atoms with Gasteiger partial charge in [0.1, 0.15) is 0 Å². The molecule has 0 bridgehead atoms. The van der Waals surface area contributed by atoms with E-state index in [9.17, 15) is 13.2 Å². The SMILES string of the molecule is CN(C(=O)CN1CCc2ccccc21)[C@@H]1CCS(=O)(=O)C1. The predicted octanol–water partition coefficient (Wildman–Crippen LogP) is 0.695. The molecule has 0 aliphatic carbocycles. The van der Waals surface area contributed by atoms with Gasteiger partial charge in [-0.1, -0.05) is 18.2 Å². The lowest BCUT2D eigenvalue weighted by molar-refractivity contribution is -0.130. The largest absolute Gasteiger partial charge is 0.362 e. The Morgan fingerprint density at radius 2 is 2.14 bits per heavy atom. The van der Waals surface area contributed by atoms with Gasteiger partial charge in [0.25, 0.3) is 0 Å². The first-order valence-electron chi connectivity index (χ1n) is 7.25. The van der Waals surface area contributed by atoms with Crippen molar-refractivity contribution >= 4 is 21.4 Å². The van der Waals surface area contributed by atoms with Crippen LogP contribution in [0.25, 0.3) is 0 Å². The molecule has 1 saturated heterocycles. The Labute approximate surface area is 125 Å². The molecule has 1 aromatic rings.